The van der Waals surface area contributed by atoms with Crippen molar-refractivity contribution in [2.45, 2.75) is 6.61 Å². The zero-order valence-electron chi connectivity index (χ0n) is 17.5. The van der Waals surface area contributed by atoms with Crippen LogP contribution >= 0.6 is 0 Å². The molecular weight excluding hydrogens is 426 g/mol. The lowest BCUT2D eigenvalue weighted by molar-refractivity contribution is -0.387. The molecule has 2 N–H and O–H groups in total. The Morgan fingerprint density at radius 3 is 2.64 bits per heavy atom. The number of aromatic nitrogens is 2. The first-order valence-electron chi connectivity index (χ1n) is 9.89. The first-order valence-corrected chi connectivity index (χ1v) is 9.89. The average Bonchev–Trinajstić information content (AvgIpc) is 2.81. The van der Waals surface area contributed by atoms with Gasteiger partial charge in [0.1, 0.15) is 12.4 Å². The van der Waals surface area contributed by atoms with Gasteiger partial charge in [0, 0.05) is 0 Å². The van der Waals surface area contributed by atoms with Crippen molar-refractivity contribution >= 4 is 28.6 Å². The molecule has 0 aliphatic rings. The standard InChI is InChI=1S/C24H19N3O6/c1-32-20-13-15(10-12-21-25-23(28)22(27(30)31)24(29)26-21)9-11-19(20)33-14-17-7-4-6-16-5-2-3-8-18(16)17/h2-13H,14H2,1H3,(H2,25,26,28,29)/b12-10-. The van der Waals surface area contributed by atoms with Crippen LogP contribution in [0.2, 0.25) is 0 Å². The molecule has 1 heterocycles. The van der Waals surface area contributed by atoms with Crippen molar-refractivity contribution in [2.75, 3.05) is 7.11 Å². The van der Waals surface area contributed by atoms with Crippen LogP contribution in [0.15, 0.2) is 65.5 Å². The predicted molar refractivity (Wildman–Crippen MR) is 123 cm³/mol. The van der Waals surface area contributed by atoms with Crippen LogP contribution in [0.4, 0.5) is 5.69 Å². The van der Waals surface area contributed by atoms with E-state index in [0.29, 0.717) is 23.7 Å². The third-order valence-electron chi connectivity index (χ3n) is 4.96. The first kappa shape index (κ1) is 21.6. The second-order valence-electron chi connectivity index (χ2n) is 7.05. The van der Waals surface area contributed by atoms with Gasteiger partial charge in [-0.25, -0.2) is 0 Å². The van der Waals surface area contributed by atoms with Crippen LogP contribution in [0.5, 0.6) is 17.4 Å². The van der Waals surface area contributed by atoms with Crippen molar-refractivity contribution in [3.05, 3.63) is 98.1 Å². The highest BCUT2D eigenvalue weighted by Gasteiger charge is 2.21. The number of nitro groups is 1. The summed E-state index contributed by atoms with van der Waals surface area (Å²) in [5.74, 6) is 0.0870. The molecule has 0 aliphatic heterocycles. The van der Waals surface area contributed by atoms with Gasteiger partial charge in [-0.05, 0) is 40.1 Å². The van der Waals surface area contributed by atoms with Crippen molar-refractivity contribution < 1.29 is 19.5 Å². The van der Waals surface area contributed by atoms with Gasteiger partial charge in [-0.3, -0.25) is 14.9 Å². The number of fused-ring (bicyclic) bond motifs is 1. The highest BCUT2D eigenvalue weighted by atomic mass is 16.6. The van der Waals surface area contributed by atoms with E-state index in [4.69, 9.17) is 9.47 Å². The summed E-state index contributed by atoms with van der Waals surface area (Å²) >= 11 is 0. The zero-order valence-corrected chi connectivity index (χ0v) is 17.5. The van der Waals surface area contributed by atoms with Crippen molar-refractivity contribution in [1.82, 2.24) is 9.97 Å². The normalized spacial score (nSPS) is 11.1. The van der Waals surface area contributed by atoms with E-state index < -0.39 is 22.0 Å². The average molecular weight is 445 g/mol. The van der Waals surface area contributed by atoms with Crippen LogP contribution in [0.3, 0.4) is 0 Å². The third-order valence-corrected chi connectivity index (χ3v) is 4.96. The molecule has 0 fully saturated rings. The topological polar surface area (TPSA) is 128 Å². The minimum Gasteiger partial charge on any atom is -0.493 e. The summed E-state index contributed by atoms with van der Waals surface area (Å²) in [5, 5.41) is 22.7. The number of H-pyrrole nitrogens is 1. The lowest BCUT2D eigenvalue weighted by Crippen LogP contribution is -2.14. The van der Waals surface area contributed by atoms with Crippen LogP contribution in [0.25, 0.3) is 22.9 Å². The van der Waals surface area contributed by atoms with Gasteiger partial charge in [-0.2, -0.15) is 4.98 Å². The number of nitrogens with zero attached hydrogens (tertiary/aromatic N) is 2. The minimum atomic E-state index is -1.04. The zero-order chi connectivity index (χ0) is 23.4. The Morgan fingerprint density at radius 1 is 1.09 bits per heavy atom. The lowest BCUT2D eigenvalue weighted by atomic mass is 10.1. The van der Waals surface area contributed by atoms with Crippen LogP contribution in [0.1, 0.15) is 17.0 Å². The van der Waals surface area contributed by atoms with E-state index in [1.807, 2.05) is 42.5 Å². The fourth-order valence-electron chi connectivity index (χ4n) is 3.37. The van der Waals surface area contributed by atoms with Gasteiger partial charge < -0.3 is 19.6 Å². The number of methoxy groups -OCH3 is 1. The Bertz CT molecular complexity index is 1420. The van der Waals surface area contributed by atoms with Gasteiger partial charge in [0.2, 0.25) is 0 Å². The molecule has 0 saturated heterocycles. The van der Waals surface area contributed by atoms with Crippen molar-refractivity contribution in [3.8, 4) is 17.4 Å². The molecule has 0 amide bonds. The highest BCUT2D eigenvalue weighted by Crippen LogP contribution is 2.30. The summed E-state index contributed by atoms with van der Waals surface area (Å²) in [4.78, 5) is 27.4. The summed E-state index contributed by atoms with van der Waals surface area (Å²) in [6.07, 6.45) is 3.02. The van der Waals surface area contributed by atoms with Gasteiger partial charge in [-0.1, -0.05) is 54.6 Å². The number of benzene rings is 3. The molecule has 3 aromatic carbocycles. The van der Waals surface area contributed by atoms with E-state index in [0.717, 1.165) is 16.3 Å². The van der Waals surface area contributed by atoms with Gasteiger partial charge >= 0.3 is 11.2 Å². The van der Waals surface area contributed by atoms with Crippen LogP contribution in [-0.4, -0.2) is 27.1 Å². The largest absolute Gasteiger partial charge is 0.493 e. The van der Waals surface area contributed by atoms with Crippen LogP contribution in [-0.2, 0) is 6.61 Å². The lowest BCUT2D eigenvalue weighted by Gasteiger charge is -2.13. The fraction of sp³-hybridized carbons (Fsp3) is 0.0833. The maximum Gasteiger partial charge on any atom is 0.395 e. The maximum atomic E-state index is 11.8. The number of rotatable bonds is 7. The van der Waals surface area contributed by atoms with E-state index in [-0.39, 0.29) is 5.82 Å². The van der Waals surface area contributed by atoms with Gasteiger partial charge in [0.15, 0.2) is 11.5 Å². The fourth-order valence-corrected chi connectivity index (χ4v) is 3.37. The number of aromatic hydroxyl groups is 1. The molecule has 9 heteroatoms. The third kappa shape index (κ3) is 4.67. The van der Waals surface area contributed by atoms with E-state index in [1.165, 1.54) is 13.2 Å². The Balaban J connectivity index is 1.53. The summed E-state index contributed by atoms with van der Waals surface area (Å²) in [6.45, 7) is 0.361. The number of hydrogen-bond donors (Lipinski definition) is 2. The molecule has 33 heavy (non-hydrogen) atoms. The van der Waals surface area contributed by atoms with Gasteiger partial charge in [0.05, 0.1) is 12.0 Å². The number of nitrogens with one attached hydrogen (secondary N) is 1. The SMILES string of the molecule is COc1cc(/C=C\c2nc(O)c([N+](=O)[O-])c(=O)[nH]2)ccc1OCc1cccc2ccccc12. The number of ether oxygens (including phenoxy) is 2. The van der Waals surface area contributed by atoms with Gasteiger partial charge in [0.25, 0.3) is 5.88 Å². The first-order chi connectivity index (χ1) is 16.0. The van der Waals surface area contributed by atoms with Gasteiger partial charge in [-0.15, -0.1) is 0 Å². The number of aromatic amines is 1. The maximum absolute atomic E-state index is 11.8. The molecular formula is C24H19N3O6. The Morgan fingerprint density at radius 2 is 1.88 bits per heavy atom. The molecule has 9 nitrogen and oxygen atoms in total. The second-order valence-corrected chi connectivity index (χ2v) is 7.05. The van der Waals surface area contributed by atoms with Crippen LogP contribution < -0.4 is 15.0 Å². The van der Waals surface area contributed by atoms with E-state index in [1.54, 1.807) is 24.3 Å². The summed E-state index contributed by atoms with van der Waals surface area (Å²) in [6, 6.07) is 19.4. The molecule has 0 atom stereocenters. The Hall–Kier alpha value is -4.66. The van der Waals surface area contributed by atoms with E-state index in [9.17, 15) is 20.0 Å². The molecule has 0 saturated carbocycles. The molecule has 166 valence electrons. The minimum absolute atomic E-state index is 0.0293. The quantitative estimate of drug-likeness (QED) is 0.321. The summed E-state index contributed by atoms with van der Waals surface area (Å²) in [5.41, 5.74) is -0.291. The molecule has 0 bridgehead atoms. The molecule has 4 aromatic rings. The van der Waals surface area contributed by atoms with E-state index >= 15 is 0 Å². The van der Waals surface area contributed by atoms with Crippen molar-refractivity contribution in [1.29, 1.82) is 0 Å². The molecule has 1 aromatic heterocycles. The second kappa shape index (κ2) is 9.23. The summed E-state index contributed by atoms with van der Waals surface area (Å²) < 4.78 is 11.4. The van der Waals surface area contributed by atoms with Crippen molar-refractivity contribution in [3.63, 3.8) is 0 Å². The molecule has 4 rings (SSSR count). The Labute approximate surface area is 187 Å². The van der Waals surface area contributed by atoms with E-state index in [2.05, 4.69) is 9.97 Å². The number of hydrogen-bond acceptors (Lipinski definition) is 7. The summed E-state index contributed by atoms with van der Waals surface area (Å²) in [7, 11) is 1.53. The molecule has 0 spiro atoms. The monoisotopic (exact) mass is 445 g/mol. The molecule has 0 radical (unpaired) electrons. The Kier molecular flexibility index (Phi) is 6.03. The molecule has 0 unspecified atom stereocenters. The molecule has 0 aliphatic carbocycles. The smallest absolute Gasteiger partial charge is 0.395 e. The predicted octanol–water partition coefficient (Wildman–Crippen LogP) is 4.29. The highest BCUT2D eigenvalue weighted by molar-refractivity contribution is 5.85. The van der Waals surface area contributed by atoms with Crippen molar-refractivity contribution in [2.24, 2.45) is 0 Å². The van der Waals surface area contributed by atoms with Crippen LogP contribution in [0, 0.1) is 10.1 Å².